The summed E-state index contributed by atoms with van der Waals surface area (Å²) in [5.41, 5.74) is 0.261. The van der Waals surface area contributed by atoms with E-state index in [1.165, 1.54) is 6.07 Å². The van der Waals surface area contributed by atoms with E-state index < -0.39 is 4.92 Å². The number of benzene rings is 1. The monoisotopic (exact) mass is 278 g/mol. The minimum atomic E-state index is -0.532. The summed E-state index contributed by atoms with van der Waals surface area (Å²) in [6.07, 6.45) is 0. The molecule has 0 spiro atoms. The number of nitro groups is 1. The van der Waals surface area contributed by atoms with Gasteiger partial charge < -0.3 is 15.0 Å². The molecule has 20 heavy (non-hydrogen) atoms. The second-order valence-corrected chi connectivity index (χ2v) is 4.29. The minimum Gasteiger partial charge on any atom is -0.383 e. The van der Waals surface area contributed by atoms with Crippen LogP contribution in [0, 0.1) is 21.4 Å². The fourth-order valence-corrected chi connectivity index (χ4v) is 1.71. The highest BCUT2D eigenvalue weighted by Gasteiger charge is 2.18. The quantitative estimate of drug-likeness (QED) is 0.571. The van der Waals surface area contributed by atoms with E-state index in [0.717, 1.165) is 13.1 Å². The third kappa shape index (κ3) is 4.50. The molecule has 7 nitrogen and oxygen atoms in total. The van der Waals surface area contributed by atoms with Crippen LogP contribution >= 0.6 is 0 Å². The molecule has 1 N–H and O–H groups in total. The Kier molecular flexibility index (Phi) is 6.43. The number of ether oxygens (including phenoxy) is 1. The maximum atomic E-state index is 11.0. The first-order valence-electron chi connectivity index (χ1n) is 6.19. The molecule has 0 fully saturated rings. The first-order valence-corrected chi connectivity index (χ1v) is 6.19. The van der Waals surface area contributed by atoms with Crippen LogP contribution in [0.25, 0.3) is 0 Å². The average Bonchev–Trinajstić information content (AvgIpc) is 2.44. The molecule has 1 aromatic rings. The molecule has 7 heteroatoms. The number of methoxy groups -OCH3 is 1. The number of anilines is 1. The van der Waals surface area contributed by atoms with E-state index in [1.54, 1.807) is 19.2 Å². The first-order chi connectivity index (χ1) is 9.60. The van der Waals surface area contributed by atoms with E-state index >= 15 is 0 Å². The van der Waals surface area contributed by atoms with Crippen molar-refractivity contribution in [2.75, 3.05) is 45.7 Å². The molecule has 0 aromatic heterocycles. The van der Waals surface area contributed by atoms with Crippen molar-refractivity contribution in [2.45, 2.75) is 0 Å². The second-order valence-electron chi connectivity index (χ2n) is 4.29. The Hall–Kier alpha value is -2.17. The van der Waals surface area contributed by atoms with E-state index in [-0.39, 0.29) is 11.3 Å². The molecule has 0 aliphatic carbocycles. The van der Waals surface area contributed by atoms with Crippen molar-refractivity contribution in [1.82, 2.24) is 4.90 Å². The van der Waals surface area contributed by atoms with E-state index in [1.807, 2.05) is 13.1 Å². The predicted molar refractivity (Wildman–Crippen MR) is 75.7 cm³/mol. The first kappa shape index (κ1) is 15.9. The summed E-state index contributed by atoms with van der Waals surface area (Å²) in [6, 6.07) is 6.51. The molecule has 0 heterocycles. The summed E-state index contributed by atoms with van der Waals surface area (Å²) in [5.74, 6) is 0. The van der Waals surface area contributed by atoms with Gasteiger partial charge in [0.05, 0.1) is 11.5 Å². The highest BCUT2D eigenvalue weighted by Crippen LogP contribution is 2.27. The largest absolute Gasteiger partial charge is 0.383 e. The Labute approximate surface area is 117 Å². The number of nitriles is 1. The van der Waals surface area contributed by atoms with Gasteiger partial charge in [-0.3, -0.25) is 10.1 Å². The molecular weight excluding hydrogens is 260 g/mol. The maximum Gasteiger partial charge on any atom is 0.309 e. The number of para-hydroxylation sites is 1. The molecule has 0 aliphatic heterocycles. The molecule has 0 amide bonds. The normalized spacial score (nSPS) is 10.3. The molecule has 0 saturated heterocycles. The number of rotatable bonds is 8. The lowest BCUT2D eigenvalue weighted by molar-refractivity contribution is -0.384. The zero-order valence-electron chi connectivity index (χ0n) is 11.6. The molecule has 0 atom stereocenters. The molecule has 0 radical (unpaired) electrons. The van der Waals surface area contributed by atoms with Crippen molar-refractivity contribution in [1.29, 1.82) is 5.26 Å². The van der Waals surface area contributed by atoms with Gasteiger partial charge in [-0.05, 0) is 19.2 Å². The Balaban J connectivity index is 2.65. The molecule has 1 rings (SSSR count). The summed E-state index contributed by atoms with van der Waals surface area (Å²) in [5, 5.41) is 22.9. The molecule has 1 aromatic carbocycles. The third-order valence-corrected chi connectivity index (χ3v) is 2.83. The SMILES string of the molecule is COCCN(C)CCNc1cccc(C#N)c1[N+](=O)[O-]. The van der Waals surface area contributed by atoms with Crippen LogP contribution in [-0.2, 0) is 4.74 Å². The zero-order chi connectivity index (χ0) is 15.0. The third-order valence-electron chi connectivity index (χ3n) is 2.83. The zero-order valence-corrected chi connectivity index (χ0v) is 11.6. The van der Waals surface area contributed by atoms with Crippen LogP contribution in [-0.4, -0.2) is 50.2 Å². The van der Waals surface area contributed by atoms with E-state index in [4.69, 9.17) is 10.00 Å². The number of nitrogens with one attached hydrogen (secondary N) is 1. The predicted octanol–water partition coefficient (Wildman–Crippen LogP) is 1.46. The van der Waals surface area contributed by atoms with Crippen LogP contribution in [0.1, 0.15) is 5.56 Å². The highest BCUT2D eigenvalue weighted by molar-refractivity contribution is 5.68. The van der Waals surface area contributed by atoms with Gasteiger partial charge in [-0.2, -0.15) is 5.26 Å². The van der Waals surface area contributed by atoms with E-state index in [9.17, 15) is 10.1 Å². The number of nitrogens with zero attached hydrogens (tertiary/aromatic N) is 3. The minimum absolute atomic E-state index is 0.0627. The van der Waals surface area contributed by atoms with Gasteiger partial charge in [0.15, 0.2) is 0 Å². The highest BCUT2D eigenvalue weighted by atomic mass is 16.6. The summed E-state index contributed by atoms with van der Waals surface area (Å²) in [4.78, 5) is 12.5. The van der Waals surface area contributed by atoms with Crippen molar-refractivity contribution < 1.29 is 9.66 Å². The summed E-state index contributed by atoms with van der Waals surface area (Å²) in [7, 11) is 3.59. The molecule has 108 valence electrons. The molecule has 0 aliphatic rings. The van der Waals surface area contributed by atoms with Crippen LogP contribution in [0.2, 0.25) is 0 Å². The van der Waals surface area contributed by atoms with Crippen molar-refractivity contribution in [3.05, 3.63) is 33.9 Å². The van der Waals surface area contributed by atoms with Gasteiger partial charge in [-0.15, -0.1) is 0 Å². The molecule has 0 saturated carbocycles. The van der Waals surface area contributed by atoms with Crippen LogP contribution in [0.5, 0.6) is 0 Å². The Morgan fingerprint density at radius 2 is 2.25 bits per heavy atom. The maximum absolute atomic E-state index is 11.0. The second kappa shape index (κ2) is 8.09. The van der Waals surface area contributed by atoms with Crippen LogP contribution in [0.3, 0.4) is 0 Å². The van der Waals surface area contributed by atoms with Crippen LogP contribution in [0.15, 0.2) is 18.2 Å². The van der Waals surface area contributed by atoms with Gasteiger partial charge in [-0.25, -0.2) is 0 Å². The smallest absolute Gasteiger partial charge is 0.309 e. The lowest BCUT2D eigenvalue weighted by atomic mass is 10.1. The number of hydrogen-bond acceptors (Lipinski definition) is 6. The number of nitro benzene ring substituents is 1. The fourth-order valence-electron chi connectivity index (χ4n) is 1.71. The number of likely N-dealkylation sites (N-methyl/N-ethyl adjacent to an activating group) is 1. The fraction of sp³-hybridized carbons (Fsp3) is 0.462. The molecule has 0 unspecified atom stereocenters. The van der Waals surface area contributed by atoms with E-state index in [0.29, 0.717) is 18.8 Å². The van der Waals surface area contributed by atoms with E-state index in [2.05, 4.69) is 10.2 Å². The van der Waals surface area contributed by atoms with Crippen molar-refractivity contribution >= 4 is 11.4 Å². The summed E-state index contributed by atoms with van der Waals surface area (Å²) in [6.45, 7) is 2.70. The van der Waals surface area contributed by atoms with Gasteiger partial charge in [0.2, 0.25) is 0 Å². The standard InChI is InChI=1S/C13H18N4O3/c1-16(8-9-20-2)7-6-15-12-5-3-4-11(10-14)13(12)17(18)19/h3-5,15H,6-9H2,1-2H3. The summed E-state index contributed by atoms with van der Waals surface area (Å²) >= 11 is 0. The van der Waals surface area contributed by atoms with Crippen molar-refractivity contribution in [3.63, 3.8) is 0 Å². The van der Waals surface area contributed by atoms with Gasteiger partial charge in [-0.1, -0.05) is 6.07 Å². The van der Waals surface area contributed by atoms with Gasteiger partial charge >= 0.3 is 5.69 Å². The Morgan fingerprint density at radius 3 is 2.85 bits per heavy atom. The van der Waals surface area contributed by atoms with Crippen LogP contribution in [0.4, 0.5) is 11.4 Å². The van der Waals surface area contributed by atoms with Crippen molar-refractivity contribution in [2.24, 2.45) is 0 Å². The molecule has 0 bridgehead atoms. The topological polar surface area (TPSA) is 91.4 Å². The average molecular weight is 278 g/mol. The molecular formula is C13H18N4O3. The Morgan fingerprint density at radius 1 is 1.50 bits per heavy atom. The van der Waals surface area contributed by atoms with Gasteiger partial charge in [0.1, 0.15) is 17.3 Å². The van der Waals surface area contributed by atoms with Crippen molar-refractivity contribution in [3.8, 4) is 6.07 Å². The summed E-state index contributed by atoms with van der Waals surface area (Å²) < 4.78 is 4.97. The Bertz CT molecular complexity index is 499. The van der Waals surface area contributed by atoms with Crippen LogP contribution < -0.4 is 5.32 Å². The van der Waals surface area contributed by atoms with Gasteiger partial charge in [0.25, 0.3) is 0 Å². The number of hydrogen-bond donors (Lipinski definition) is 1. The lowest BCUT2D eigenvalue weighted by Gasteiger charge is -2.16. The van der Waals surface area contributed by atoms with Gasteiger partial charge in [0, 0.05) is 26.7 Å². The lowest BCUT2D eigenvalue weighted by Crippen LogP contribution is -2.28.